The minimum absolute atomic E-state index is 0.337. The highest BCUT2D eigenvalue weighted by Gasteiger charge is 2.13. The van der Waals surface area contributed by atoms with Crippen LogP contribution in [0.2, 0.25) is 0 Å². The van der Waals surface area contributed by atoms with Gasteiger partial charge in [-0.05, 0) is 29.8 Å². The first kappa shape index (κ1) is 16.5. The van der Waals surface area contributed by atoms with E-state index >= 15 is 0 Å². The molecule has 0 aliphatic rings. The van der Waals surface area contributed by atoms with Crippen LogP contribution in [0.1, 0.15) is 44.6 Å². The zero-order valence-corrected chi connectivity index (χ0v) is 14.5. The van der Waals surface area contributed by atoms with Crippen LogP contribution < -0.4 is 5.32 Å². The van der Waals surface area contributed by atoms with Crippen LogP contribution in [-0.4, -0.2) is 13.2 Å². The Morgan fingerprint density at radius 3 is 2.67 bits per heavy atom. The molecule has 0 atom stereocenters. The summed E-state index contributed by atoms with van der Waals surface area (Å²) in [5.41, 5.74) is 1.70. The van der Waals surface area contributed by atoms with E-state index in [4.69, 9.17) is 4.74 Å². The van der Waals surface area contributed by atoms with Crippen molar-refractivity contribution in [1.82, 2.24) is 5.32 Å². The monoisotopic (exact) mass is 305 g/mol. The number of thiophene rings is 1. The third kappa shape index (κ3) is 4.80. The van der Waals surface area contributed by atoms with Gasteiger partial charge in [0.25, 0.3) is 0 Å². The molecule has 116 valence electrons. The van der Waals surface area contributed by atoms with E-state index < -0.39 is 0 Å². The number of hydrogen-bond donors (Lipinski definition) is 1. The van der Waals surface area contributed by atoms with E-state index in [0.29, 0.717) is 5.41 Å². The van der Waals surface area contributed by atoms with Crippen LogP contribution in [0.5, 0.6) is 0 Å². The average molecular weight is 305 g/mol. The molecule has 0 saturated heterocycles. The first-order valence-corrected chi connectivity index (χ1v) is 8.60. The van der Waals surface area contributed by atoms with E-state index in [9.17, 15) is 0 Å². The highest BCUT2D eigenvalue weighted by atomic mass is 32.1. The molecule has 0 saturated carbocycles. The summed E-state index contributed by atoms with van der Waals surface area (Å²) in [5.74, 6) is 0. The van der Waals surface area contributed by atoms with Crippen LogP contribution in [0.25, 0.3) is 10.1 Å². The molecule has 2 aromatic rings. The van der Waals surface area contributed by atoms with Crippen molar-refractivity contribution in [3.8, 4) is 0 Å². The van der Waals surface area contributed by atoms with Crippen LogP contribution >= 0.6 is 11.3 Å². The Labute approximate surface area is 132 Å². The van der Waals surface area contributed by atoms with E-state index in [-0.39, 0.29) is 0 Å². The fraction of sp³-hybridized carbons (Fsp3) is 0.556. The molecule has 1 N–H and O–H groups in total. The number of nitrogens with one attached hydrogen (secondary N) is 1. The molecule has 0 radical (unpaired) electrons. The maximum absolute atomic E-state index is 5.96. The van der Waals surface area contributed by atoms with Crippen molar-refractivity contribution < 1.29 is 4.74 Å². The van der Waals surface area contributed by atoms with E-state index in [1.165, 1.54) is 20.5 Å². The van der Waals surface area contributed by atoms with Crippen LogP contribution in [0.15, 0.2) is 24.3 Å². The van der Waals surface area contributed by atoms with Crippen molar-refractivity contribution in [1.29, 1.82) is 0 Å². The summed E-state index contributed by atoms with van der Waals surface area (Å²) in [6, 6.07) is 8.64. The Morgan fingerprint density at radius 2 is 1.95 bits per heavy atom. The molecule has 1 aromatic heterocycles. The number of hydrogen-bond acceptors (Lipinski definition) is 3. The van der Waals surface area contributed by atoms with Gasteiger partial charge in [0.05, 0.1) is 6.61 Å². The zero-order valence-electron chi connectivity index (χ0n) is 13.7. The van der Waals surface area contributed by atoms with Crippen LogP contribution in [0.3, 0.4) is 0 Å². The molecule has 0 unspecified atom stereocenters. The number of rotatable bonds is 7. The predicted octanol–water partition coefficient (Wildman–Crippen LogP) is 4.96. The van der Waals surface area contributed by atoms with E-state index in [2.05, 4.69) is 57.3 Å². The van der Waals surface area contributed by atoms with Gasteiger partial charge in [-0.3, -0.25) is 0 Å². The van der Waals surface area contributed by atoms with Crippen LogP contribution in [-0.2, 0) is 17.9 Å². The van der Waals surface area contributed by atoms with Crippen molar-refractivity contribution in [2.24, 2.45) is 5.41 Å². The van der Waals surface area contributed by atoms with Gasteiger partial charge in [-0.2, -0.15) is 0 Å². The summed E-state index contributed by atoms with van der Waals surface area (Å²) < 4.78 is 7.32. The molecule has 3 heteroatoms. The van der Waals surface area contributed by atoms with Gasteiger partial charge in [0.2, 0.25) is 0 Å². The average Bonchev–Trinajstić information content (AvgIpc) is 2.78. The van der Waals surface area contributed by atoms with Gasteiger partial charge in [-0.15, -0.1) is 11.3 Å². The molecule has 1 heterocycles. The molecule has 0 spiro atoms. The molecule has 0 amide bonds. The first-order chi connectivity index (χ1) is 10.0. The van der Waals surface area contributed by atoms with Crippen molar-refractivity contribution in [2.45, 2.75) is 47.3 Å². The maximum Gasteiger partial charge on any atom is 0.0734 e. The third-order valence-electron chi connectivity index (χ3n) is 3.56. The largest absolute Gasteiger partial charge is 0.377 e. The van der Waals surface area contributed by atoms with Gasteiger partial charge in [0.15, 0.2) is 0 Å². The second-order valence-electron chi connectivity index (χ2n) is 6.64. The second-order valence-corrected chi connectivity index (χ2v) is 7.78. The Morgan fingerprint density at radius 1 is 1.19 bits per heavy atom. The lowest BCUT2D eigenvalue weighted by Gasteiger charge is -2.17. The predicted molar refractivity (Wildman–Crippen MR) is 92.9 cm³/mol. The van der Waals surface area contributed by atoms with Gasteiger partial charge in [-0.1, -0.05) is 45.9 Å². The summed E-state index contributed by atoms with van der Waals surface area (Å²) in [6.45, 7) is 12.4. The molecule has 0 bridgehead atoms. The van der Waals surface area contributed by atoms with Crippen molar-refractivity contribution in [3.05, 3.63) is 34.7 Å². The first-order valence-electron chi connectivity index (χ1n) is 7.79. The number of benzene rings is 1. The molecule has 2 nitrogen and oxygen atoms in total. The van der Waals surface area contributed by atoms with Gasteiger partial charge in [0.1, 0.15) is 0 Å². The normalized spacial score (nSPS) is 12.2. The minimum Gasteiger partial charge on any atom is -0.377 e. The van der Waals surface area contributed by atoms with E-state index in [1.807, 2.05) is 11.3 Å². The molecule has 1 aromatic carbocycles. The van der Waals surface area contributed by atoms with Crippen molar-refractivity contribution in [2.75, 3.05) is 13.2 Å². The molecule has 0 fully saturated rings. The summed E-state index contributed by atoms with van der Waals surface area (Å²) in [7, 11) is 0. The smallest absolute Gasteiger partial charge is 0.0734 e. The van der Waals surface area contributed by atoms with Crippen LogP contribution in [0, 0.1) is 5.41 Å². The second kappa shape index (κ2) is 7.39. The lowest BCUT2D eigenvalue weighted by atomic mass is 9.93. The van der Waals surface area contributed by atoms with Crippen LogP contribution in [0.4, 0.5) is 0 Å². The molecule has 2 rings (SSSR count). The Bertz CT molecular complexity index is 568. The summed E-state index contributed by atoms with van der Waals surface area (Å²) in [5, 5.41) is 4.79. The summed E-state index contributed by atoms with van der Waals surface area (Å²) in [6.07, 6.45) is 1.09. The lowest BCUT2D eigenvalue weighted by molar-refractivity contribution is 0.0967. The SMILES string of the molecule is CCNCc1sc2ccccc2c1COCCC(C)(C)C. The highest BCUT2D eigenvalue weighted by Crippen LogP contribution is 2.32. The van der Waals surface area contributed by atoms with Gasteiger partial charge in [0, 0.05) is 28.3 Å². The zero-order chi connectivity index (χ0) is 15.3. The highest BCUT2D eigenvalue weighted by molar-refractivity contribution is 7.19. The van der Waals surface area contributed by atoms with Crippen molar-refractivity contribution in [3.63, 3.8) is 0 Å². The van der Waals surface area contributed by atoms with Gasteiger partial charge in [-0.25, -0.2) is 0 Å². The van der Waals surface area contributed by atoms with Gasteiger partial charge >= 0.3 is 0 Å². The fourth-order valence-corrected chi connectivity index (χ4v) is 3.42. The Balaban J connectivity index is 2.08. The van der Waals surface area contributed by atoms with E-state index in [0.717, 1.165) is 32.7 Å². The molecular weight excluding hydrogens is 278 g/mol. The topological polar surface area (TPSA) is 21.3 Å². The van der Waals surface area contributed by atoms with Gasteiger partial charge < -0.3 is 10.1 Å². The summed E-state index contributed by atoms with van der Waals surface area (Å²) in [4.78, 5) is 1.41. The number of fused-ring (bicyclic) bond motifs is 1. The number of ether oxygens (including phenoxy) is 1. The fourth-order valence-electron chi connectivity index (χ4n) is 2.24. The quantitative estimate of drug-likeness (QED) is 0.730. The van der Waals surface area contributed by atoms with E-state index in [1.54, 1.807) is 0 Å². The molecule has 21 heavy (non-hydrogen) atoms. The Hall–Kier alpha value is -0.900. The van der Waals surface area contributed by atoms with Crippen molar-refractivity contribution >= 4 is 21.4 Å². The Kier molecular flexibility index (Phi) is 5.80. The maximum atomic E-state index is 5.96. The lowest BCUT2D eigenvalue weighted by Crippen LogP contribution is -2.13. The minimum atomic E-state index is 0.337. The molecule has 0 aliphatic heterocycles. The standard InChI is InChI=1S/C18H27NOS/c1-5-19-12-17-15(13-20-11-10-18(2,3)4)14-8-6-7-9-16(14)21-17/h6-9,19H,5,10-13H2,1-4H3. The summed E-state index contributed by atoms with van der Waals surface area (Å²) >= 11 is 1.88. The molecule has 0 aliphatic carbocycles. The third-order valence-corrected chi connectivity index (χ3v) is 4.77. The molecular formula is C18H27NOS.